The van der Waals surface area contributed by atoms with Gasteiger partial charge in [-0.25, -0.2) is 0 Å². The highest BCUT2D eigenvalue weighted by molar-refractivity contribution is 6.03. The van der Waals surface area contributed by atoms with E-state index >= 15 is 0 Å². The van der Waals surface area contributed by atoms with E-state index in [1.807, 2.05) is 41.3 Å². The fraction of sp³-hybridized carbons (Fsp3) is 0.391. The van der Waals surface area contributed by atoms with E-state index in [-0.39, 0.29) is 11.8 Å². The third-order valence-electron chi connectivity index (χ3n) is 5.29. The van der Waals surface area contributed by atoms with Crippen LogP contribution in [0.4, 0.5) is 5.69 Å². The summed E-state index contributed by atoms with van der Waals surface area (Å²) in [7, 11) is 1.63. The molecule has 1 amide bonds. The highest BCUT2D eigenvalue weighted by Crippen LogP contribution is 2.26. The Kier molecular flexibility index (Phi) is 6.75. The van der Waals surface area contributed by atoms with Crippen LogP contribution in [0.2, 0.25) is 0 Å². The van der Waals surface area contributed by atoms with Gasteiger partial charge in [-0.2, -0.15) is 0 Å². The minimum Gasteiger partial charge on any atom is -0.497 e. The molecular weight excluding hydrogens is 366 g/mol. The lowest BCUT2D eigenvalue weighted by molar-refractivity contribution is -0.132. The van der Waals surface area contributed by atoms with Crippen molar-refractivity contribution < 1.29 is 14.3 Å². The van der Waals surface area contributed by atoms with Crippen LogP contribution in [0.25, 0.3) is 0 Å². The number of likely N-dealkylation sites (tertiary alicyclic amines) is 1. The number of anilines is 1. The van der Waals surface area contributed by atoms with E-state index in [0.717, 1.165) is 30.7 Å². The van der Waals surface area contributed by atoms with Crippen molar-refractivity contribution in [3.8, 4) is 11.5 Å². The van der Waals surface area contributed by atoms with Gasteiger partial charge in [-0.3, -0.25) is 4.79 Å². The van der Waals surface area contributed by atoms with Gasteiger partial charge in [-0.1, -0.05) is 18.2 Å². The van der Waals surface area contributed by atoms with Crippen molar-refractivity contribution in [2.24, 2.45) is 5.92 Å². The summed E-state index contributed by atoms with van der Waals surface area (Å²) in [6.45, 7) is 3.69. The van der Waals surface area contributed by atoms with Crippen molar-refractivity contribution in [1.82, 2.24) is 4.90 Å². The Hall–Kier alpha value is -3.02. The molecule has 0 radical (unpaired) electrons. The number of amides is 1. The maximum atomic E-state index is 12.7. The molecule has 2 aromatic rings. The molecule has 2 aromatic carbocycles. The Labute approximate surface area is 172 Å². The number of hydrogen-bond acceptors (Lipinski definition) is 5. The van der Waals surface area contributed by atoms with Crippen LogP contribution in [-0.4, -0.2) is 43.3 Å². The number of ether oxygens (including phenoxy) is 2. The molecule has 0 aromatic heterocycles. The minimum atomic E-state index is 0.139. The van der Waals surface area contributed by atoms with Gasteiger partial charge in [0.05, 0.1) is 25.7 Å². The average Bonchev–Trinajstić information content (AvgIpc) is 2.72. The van der Waals surface area contributed by atoms with E-state index in [1.165, 1.54) is 0 Å². The molecule has 29 heavy (non-hydrogen) atoms. The van der Waals surface area contributed by atoms with Crippen LogP contribution >= 0.6 is 0 Å². The summed E-state index contributed by atoms with van der Waals surface area (Å²) in [6.07, 6.45) is 2.38. The highest BCUT2D eigenvalue weighted by atomic mass is 16.5. The van der Waals surface area contributed by atoms with Crippen LogP contribution in [0, 0.1) is 11.3 Å². The Bertz CT molecular complexity index is 864. The van der Waals surface area contributed by atoms with Gasteiger partial charge >= 0.3 is 0 Å². The summed E-state index contributed by atoms with van der Waals surface area (Å²) >= 11 is 0. The summed E-state index contributed by atoms with van der Waals surface area (Å²) in [6, 6.07) is 13.1. The fourth-order valence-electron chi connectivity index (χ4n) is 3.73. The molecule has 0 aliphatic carbocycles. The molecule has 154 valence electrons. The molecule has 0 spiro atoms. The molecule has 0 bridgehead atoms. The lowest BCUT2D eigenvalue weighted by Gasteiger charge is -2.33. The van der Waals surface area contributed by atoms with Gasteiger partial charge in [0, 0.05) is 30.4 Å². The molecule has 1 saturated heterocycles. The maximum absolute atomic E-state index is 12.7. The number of piperidine rings is 1. The number of benzene rings is 2. The SMILES string of the molecule is COc1ccc(CC(=O)N2CCCC(COc3cccc(N)c3C(C)=N)C2)cc1. The summed E-state index contributed by atoms with van der Waals surface area (Å²) < 4.78 is 11.2. The molecule has 3 rings (SSSR count). The number of nitrogens with one attached hydrogen (secondary N) is 1. The molecule has 0 saturated carbocycles. The second kappa shape index (κ2) is 9.45. The monoisotopic (exact) mass is 395 g/mol. The van der Waals surface area contributed by atoms with Gasteiger partial charge in [-0.15, -0.1) is 0 Å². The number of hydrogen-bond donors (Lipinski definition) is 2. The minimum absolute atomic E-state index is 0.139. The first-order valence-electron chi connectivity index (χ1n) is 9.95. The normalized spacial score (nSPS) is 16.3. The summed E-state index contributed by atoms with van der Waals surface area (Å²) in [5.74, 6) is 1.83. The van der Waals surface area contributed by atoms with Crippen LogP contribution in [0.5, 0.6) is 11.5 Å². The predicted molar refractivity (Wildman–Crippen MR) is 115 cm³/mol. The molecule has 1 heterocycles. The van der Waals surface area contributed by atoms with Crippen LogP contribution in [0.1, 0.15) is 30.9 Å². The van der Waals surface area contributed by atoms with Gasteiger partial charge in [0.1, 0.15) is 11.5 Å². The van der Waals surface area contributed by atoms with Gasteiger partial charge < -0.3 is 25.5 Å². The Morgan fingerprint density at radius 2 is 2.00 bits per heavy atom. The summed E-state index contributed by atoms with van der Waals surface area (Å²) in [4.78, 5) is 14.7. The number of methoxy groups -OCH3 is 1. The standard InChI is InChI=1S/C23H29N3O3/c1-16(24)23-20(25)6-3-7-21(23)29-15-18-5-4-12-26(14-18)22(27)13-17-8-10-19(28-2)11-9-17/h3,6-11,18,24H,4-5,12-15,25H2,1-2H3. The Morgan fingerprint density at radius 1 is 1.24 bits per heavy atom. The number of nitrogen functional groups attached to an aromatic ring is 1. The van der Waals surface area contributed by atoms with Gasteiger partial charge in [0.25, 0.3) is 0 Å². The summed E-state index contributed by atoms with van der Waals surface area (Å²) in [5.41, 5.74) is 8.58. The lowest BCUT2D eigenvalue weighted by atomic mass is 9.98. The molecule has 1 unspecified atom stereocenters. The molecule has 1 fully saturated rings. The first-order chi connectivity index (χ1) is 14.0. The zero-order valence-electron chi connectivity index (χ0n) is 17.1. The zero-order valence-corrected chi connectivity index (χ0v) is 17.1. The maximum Gasteiger partial charge on any atom is 0.227 e. The van der Waals surface area contributed by atoms with Crippen molar-refractivity contribution in [2.75, 3.05) is 32.5 Å². The second-order valence-electron chi connectivity index (χ2n) is 7.53. The van der Waals surface area contributed by atoms with Crippen LogP contribution in [-0.2, 0) is 11.2 Å². The number of nitrogens with two attached hydrogens (primary N) is 1. The second-order valence-corrected chi connectivity index (χ2v) is 7.53. The van der Waals surface area contributed by atoms with E-state index in [1.54, 1.807) is 20.1 Å². The zero-order chi connectivity index (χ0) is 20.8. The van der Waals surface area contributed by atoms with Crippen LogP contribution in [0.15, 0.2) is 42.5 Å². The van der Waals surface area contributed by atoms with E-state index in [9.17, 15) is 4.79 Å². The lowest BCUT2D eigenvalue weighted by Crippen LogP contribution is -2.42. The highest BCUT2D eigenvalue weighted by Gasteiger charge is 2.24. The first kappa shape index (κ1) is 20.7. The quantitative estimate of drug-likeness (QED) is 0.554. The Morgan fingerprint density at radius 3 is 2.69 bits per heavy atom. The van der Waals surface area contributed by atoms with Crippen molar-refractivity contribution in [2.45, 2.75) is 26.2 Å². The average molecular weight is 396 g/mol. The largest absolute Gasteiger partial charge is 0.497 e. The molecule has 1 aliphatic rings. The molecule has 6 nitrogen and oxygen atoms in total. The smallest absolute Gasteiger partial charge is 0.227 e. The van der Waals surface area contributed by atoms with Crippen molar-refractivity contribution in [1.29, 1.82) is 5.41 Å². The Balaban J connectivity index is 1.57. The van der Waals surface area contributed by atoms with Crippen LogP contribution in [0.3, 0.4) is 0 Å². The molecule has 1 aliphatic heterocycles. The predicted octanol–water partition coefficient (Wildman–Crippen LogP) is 3.53. The number of carbonyl (C=O) groups excluding carboxylic acids is 1. The topological polar surface area (TPSA) is 88.6 Å². The van der Waals surface area contributed by atoms with Crippen molar-refractivity contribution in [3.05, 3.63) is 53.6 Å². The van der Waals surface area contributed by atoms with Crippen molar-refractivity contribution >= 4 is 17.3 Å². The third-order valence-corrected chi connectivity index (χ3v) is 5.29. The number of carbonyl (C=O) groups is 1. The number of nitrogens with zero attached hydrogens (tertiary/aromatic N) is 1. The number of rotatable bonds is 7. The first-order valence-corrected chi connectivity index (χ1v) is 9.95. The molecule has 1 atom stereocenters. The van der Waals surface area contributed by atoms with E-state index in [4.69, 9.17) is 20.6 Å². The van der Waals surface area contributed by atoms with Crippen LogP contribution < -0.4 is 15.2 Å². The van der Waals surface area contributed by atoms with E-state index in [0.29, 0.717) is 42.3 Å². The van der Waals surface area contributed by atoms with E-state index in [2.05, 4.69) is 0 Å². The molecular formula is C23H29N3O3. The fourth-order valence-corrected chi connectivity index (χ4v) is 3.73. The molecule has 6 heteroatoms. The van der Waals surface area contributed by atoms with E-state index < -0.39 is 0 Å². The molecule has 3 N–H and O–H groups in total. The third kappa shape index (κ3) is 5.28. The van der Waals surface area contributed by atoms with Gasteiger partial charge in [0.2, 0.25) is 5.91 Å². The van der Waals surface area contributed by atoms with Gasteiger partial charge in [0.15, 0.2) is 0 Å². The van der Waals surface area contributed by atoms with Crippen molar-refractivity contribution in [3.63, 3.8) is 0 Å². The van der Waals surface area contributed by atoms with Gasteiger partial charge in [-0.05, 0) is 49.6 Å². The summed E-state index contributed by atoms with van der Waals surface area (Å²) in [5, 5.41) is 7.94.